The molecule has 3 aromatic rings. The minimum absolute atomic E-state index is 0.197. The molecule has 4 nitrogen and oxygen atoms in total. The summed E-state index contributed by atoms with van der Waals surface area (Å²) in [6, 6.07) is 10.1. The molecular weight excluding hydrogens is 310 g/mol. The van der Waals surface area contributed by atoms with Crippen molar-refractivity contribution < 1.29 is 13.5 Å². The van der Waals surface area contributed by atoms with Gasteiger partial charge in [0.1, 0.15) is 5.75 Å². The summed E-state index contributed by atoms with van der Waals surface area (Å²) in [5.74, 6) is 0.197. The fourth-order valence-electron chi connectivity index (χ4n) is 3.57. The SMILES string of the molecule is Cc1c2c(c3c(ccn3S(=O)(=O)c3ccccc3)c1O)CCC2. The Kier molecular flexibility index (Phi) is 3.03. The van der Waals surface area contributed by atoms with E-state index in [1.807, 2.05) is 6.92 Å². The molecule has 0 atom stereocenters. The third kappa shape index (κ3) is 1.93. The lowest BCUT2D eigenvalue weighted by Gasteiger charge is -2.13. The Balaban J connectivity index is 2.08. The van der Waals surface area contributed by atoms with E-state index in [-0.39, 0.29) is 10.6 Å². The van der Waals surface area contributed by atoms with E-state index in [1.54, 1.807) is 42.6 Å². The van der Waals surface area contributed by atoms with E-state index >= 15 is 0 Å². The zero-order valence-corrected chi connectivity index (χ0v) is 13.6. The van der Waals surface area contributed by atoms with Crippen LogP contribution in [0.1, 0.15) is 23.1 Å². The van der Waals surface area contributed by atoms with Crippen molar-refractivity contribution in [1.82, 2.24) is 3.97 Å². The number of hydrogen-bond acceptors (Lipinski definition) is 3. The van der Waals surface area contributed by atoms with Crippen molar-refractivity contribution in [2.24, 2.45) is 0 Å². The maximum absolute atomic E-state index is 13.0. The van der Waals surface area contributed by atoms with Crippen LogP contribution in [0, 0.1) is 6.92 Å². The second-order valence-electron chi connectivity index (χ2n) is 5.98. The summed E-state index contributed by atoms with van der Waals surface area (Å²) >= 11 is 0. The van der Waals surface area contributed by atoms with Crippen molar-refractivity contribution >= 4 is 20.9 Å². The predicted octanol–water partition coefficient (Wildman–Crippen LogP) is 3.38. The molecule has 0 aliphatic heterocycles. The Morgan fingerprint density at radius 1 is 1.04 bits per heavy atom. The van der Waals surface area contributed by atoms with Crippen molar-refractivity contribution in [3.05, 3.63) is 59.3 Å². The summed E-state index contributed by atoms with van der Waals surface area (Å²) < 4.78 is 27.3. The lowest BCUT2D eigenvalue weighted by atomic mass is 10.00. The lowest BCUT2D eigenvalue weighted by molar-refractivity contribution is 0.477. The van der Waals surface area contributed by atoms with Crippen LogP contribution in [-0.4, -0.2) is 17.5 Å². The minimum Gasteiger partial charge on any atom is -0.507 e. The van der Waals surface area contributed by atoms with Crippen LogP contribution in [0.5, 0.6) is 5.75 Å². The summed E-state index contributed by atoms with van der Waals surface area (Å²) in [4.78, 5) is 0.254. The number of fused-ring (bicyclic) bond motifs is 3. The van der Waals surface area contributed by atoms with Crippen LogP contribution in [0.15, 0.2) is 47.5 Å². The van der Waals surface area contributed by atoms with Gasteiger partial charge in [-0.1, -0.05) is 18.2 Å². The van der Waals surface area contributed by atoms with Gasteiger partial charge >= 0.3 is 0 Å². The number of aromatic hydroxyl groups is 1. The number of nitrogens with zero attached hydrogens (tertiary/aromatic N) is 1. The van der Waals surface area contributed by atoms with E-state index in [9.17, 15) is 13.5 Å². The highest BCUT2D eigenvalue weighted by Crippen LogP contribution is 2.40. The van der Waals surface area contributed by atoms with E-state index < -0.39 is 10.0 Å². The third-order valence-electron chi connectivity index (χ3n) is 4.72. The van der Waals surface area contributed by atoms with Crippen LogP contribution >= 0.6 is 0 Å². The fraction of sp³-hybridized carbons (Fsp3) is 0.222. The number of benzene rings is 2. The maximum Gasteiger partial charge on any atom is 0.268 e. The quantitative estimate of drug-likeness (QED) is 0.785. The predicted molar refractivity (Wildman–Crippen MR) is 89.4 cm³/mol. The van der Waals surface area contributed by atoms with Crippen LogP contribution in [0.2, 0.25) is 0 Å². The third-order valence-corrected chi connectivity index (χ3v) is 6.41. The summed E-state index contributed by atoms with van der Waals surface area (Å²) in [6.45, 7) is 1.90. The summed E-state index contributed by atoms with van der Waals surface area (Å²) in [5.41, 5.74) is 3.65. The van der Waals surface area contributed by atoms with Gasteiger partial charge in [-0.3, -0.25) is 0 Å². The Labute approximate surface area is 135 Å². The van der Waals surface area contributed by atoms with Crippen molar-refractivity contribution in [3.63, 3.8) is 0 Å². The topological polar surface area (TPSA) is 59.3 Å². The molecule has 0 saturated heterocycles. The Morgan fingerprint density at radius 2 is 1.74 bits per heavy atom. The van der Waals surface area contributed by atoms with Crippen molar-refractivity contribution in [1.29, 1.82) is 0 Å². The zero-order valence-electron chi connectivity index (χ0n) is 12.8. The molecule has 1 aromatic heterocycles. The second kappa shape index (κ2) is 4.86. The molecule has 2 aromatic carbocycles. The Hall–Kier alpha value is -2.27. The highest BCUT2D eigenvalue weighted by molar-refractivity contribution is 7.90. The number of aromatic nitrogens is 1. The Morgan fingerprint density at radius 3 is 2.48 bits per heavy atom. The molecule has 0 bridgehead atoms. The van der Waals surface area contributed by atoms with Crippen LogP contribution in [-0.2, 0) is 22.9 Å². The molecule has 23 heavy (non-hydrogen) atoms. The smallest absolute Gasteiger partial charge is 0.268 e. The molecule has 0 saturated carbocycles. The molecule has 0 amide bonds. The molecular formula is C18H17NO3S. The molecule has 1 heterocycles. The van der Waals surface area contributed by atoms with Crippen molar-refractivity contribution in [2.75, 3.05) is 0 Å². The average Bonchev–Trinajstić information content (AvgIpc) is 3.20. The first-order chi connectivity index (χ1) is 11.0. The van der Waals surface area contributed by atoms with Crippen molar-refractivity contribution in [3.8, 4) is 5.75 Å². The molecule has 0 fully saturated rings. The molecule has 0 radical (unpaired) electrons. The number of phenols is 1. The largest absolute Gasteiger partial charge is 0.507 e. The van der Waals surface area contributed by atoms with Gasteiger partial charge < -0.3 is 5.11 Å². The van der Waals surface area contributed by atoms with Gasteiger partial charge in [-0.2, -0.15) is 0 Å². The number of hydrogen-bond donors (Lipinski definition) is 1. The van der Waals surface area contributed by atoms with Crippen molar-refractivity contribution in [2.45, 2.75) is 31.1 Å². The molecule has 5 heteroatoms. The summed E-state index contributed by atoms with van der Waals surface area (Å²) in [5, 5.41) is 11.1. The number of aryl methyl sites for hydroxylation is 1. The van der Waals surface area contributed by atoms with Crippen LogP contribution < -0.4 is 0 Å². The van der Waals surface area contributed by atoms with E-state index in [4.69, 9.17) is 0 Å². The summed E-state index contributed by atoms with van der Waals surface area (Å²) in [7, 11) is -3.67. The molecule has 1 N–H and O–H groups in total. The maximum atomic E-state index is 13.0. The van der Waals surface area contributed by atoms with Gasteiger partial charge in [0.15, 0.2) is 0 Å². The van der Waals surface area contributed by atoms with E-state index in [0.29, 0.717) is 10.9 Å². The van der Waals surface area contributed by atoms with E-state index in [0.717, 1.165) is 36.0 Å². The highest BCUT2D eigenvalue weighted by Gasteiger charge is 2.27. The van der Waals surface area contributed by atoms with Gasteiger partial charge in [0, 0.05) is 11.6 Å². The normalized spacial score (nSPS) is 14.3. The van der Waals surface area contributed by atoms with Gasteiger partial charge in [0.2, 0.25) is 0 Å². The van der Waals surface area contributed by atoms with Crippen LogP contribution in [0.4, 0.5) is 0 Å². The first-order valence-electron chi connectivity index (χ1n) is 7.67. The Bertz CT molecular complexity index is 1020. The molecule has 0 spiro atoms. The molecule has 1 aliphatic carbocycles. The van der Waals surface area contributed by atoms with Gasteiger partial charge in [0.25, 0.3) is 10.0 Å². The molecule has 0 unspecified atom stereocenters. The molecule has 4 rings (SSSR count). The average molecular weight is 327 g/mol. The van der Waals surface area contributed by atoms with E-state index in [1.165, 1.54) is 3.97 Å². The fourth-order valence-corrected chi connectivity index (χ4v) is 4.97. The minimum atomic E-state index is -3.67. The lowest BCUT2D eigenvalue weighted by Crippen LogP contribution is -2.12. The number of rotatable bonds is 2. The molecule has 1 aliphatic rings. The van der Waals surface area contributed by atoms with Gasteiger partial charge in [-0.05, 0) is 61.1 Å². The second-order valence-corrected chi connectivity index (χ2v) is 7.79. The van der Waals surface area contributed by atoms with Gasteiger partial charge in [-0.25, -0.2) is 12.4 Å². The van der Waals surface area contributed by atoms with Gasteiger partial charge in [0.05, 0.1) is 10.4 Å². The van der Waals surface area contributed by atoms with Gasteiger partial charge in [-0.15, -0.1) is 0 Å². The van der Waals surface area contributed by atoms with Crippen LogP contribution in [0.3, 0.4) is 0 Å². The van der Waals surface area contributed by atoms with E-state index in [2.05, 4.69) is 0 Å². The molecule has 118 valence electrons. The standard InChI is InChI=1S/C18H17NO3S/c1-12-14-8-5-9-15(14)17-16(18(12)20)10-11-19(17)23(21,22)13-6-3-2-4-7-13/h2-4,6-7,10-11,20H,5,8-9H2,1H3. The first kappa shape index (κ1) is 14.3. The van der Waals surface area contributed by atoms with Crippen LogP contribution in [0.25, 0.3) is 10.9 Å². The summed E-state index contributed by atoms with van der Waals surface area (Å²) in [6.07, 6.45) is 4.28. The zero-order chi connectivity index (χ0) is 16.2. The first-order valence-corrected chi connectivity index (χ1v) is 9.11. The monoisotopic (exact) mass is 327 g/mol. The highest BCUT2D eigenvalue weighted by atomic mass is 32.2. The number of phenolic OH excluding ortho intramolecular Hbond substituents is 1.